The fourth-order valence-electron chi connectivity index (χ4n) is 2.69. The molecule has 3 aromatic rings. The number of nitrogens with one attached hydrogen (secondary N) is 1. The van der Waals surface area contributed by atoms with Crippen molar-refractivity contribution in [3.63, 3.8) is 0 Å². The third kappa shape index (κ3) is 3.39. The van der Waals surface area contributed by atoms with Crippen molar-refractivity contribution in [2.75, 3.05) is 0 Å². The van der Waals surface area contributed by atoms with E-state index < -0.39 is 0 Å². The van der Waals surface area contributed by atoms with E-state index in [1.807, 2.05) is 61.5 Å². The van der Waals surface area contributed by atoms with Crippen LogP contribution in [0.1, 0.15) is 27.0 Å². The average Bonchev–Trinajstić information content (AvgIpc) is 3.14. The van der Waals surface area contributed by atoms with Gasteiger partial charge in [-0.15, -0.1) is 0 Å². The van der Waals surface area contributed by atoms with Gasteiger partial charge in [-0.05, 0) is 47.9 Å². The first-order valence-electron chi connectivity index (χ1n) is 7.88. The number of aryl methyl sites for hydroxylation is 1. The first-order valence-corrected chi connectivity index (χ1v) is 7.88. The van der Waals surface area contributed by atoms with Crippen molar-refractivity contribution in [1.29, 1.82) is 0 Å². The molecule has 1 amide bonds. The Morgan fingerprint density at radius 2 is 1.92 bits per heavy atom. The molecule has 1 heterocycles. The van der Waals surface area contributed by atoms with Crippen molar-refractivity contribution in [1.82, 2.24) is 5.32 Å². The second-order valence-electron chi connectivity index (χ2n) is 5.66. The quantitative estimate of drug-likeness (QED) is 0.754. The van der Waals surface area contributed by atoms with Crippen LogP contribution in [0, 0.1) is 6.92 Å². The third-order valence-electron chi connectivity index (χ3n) is 4.07. The van der Waals surface area contributed by atoms with Crippen LogP contribution in [-0.4, -0.2) is 5.91 Å². The molecule has 4 nitrogen and oxygen atoms in total. The minimum atomic E-state index is -0.101. The Morgan fingerprint density at radius 1 is 1.08 bits per heavy atom. The highest BCUT2D eigenvalue weighted by molar-refractivity contribution is 5.94. The monoisotopic (exact) mass is 320 g/mol. The van der Waals surface area contributed by atoms with E-state index in [4.69, 9.17) is 10.2 Å². The zero-order valence-corrected chi connectivity index (χ0v) is 13.6. The van der Waals surface area contributed by atoms with E-state index >= 15 is 0 Å². The predicted octanol–water partition coefficient (Wildman–Crippen LogP) is 3.64. The molecule has 0 aliphatic carbocycles. The van der Waals surface area contributed by atoms with Gasteiger partial charge in [0.15, 0.2) is 0 Å². The molecule has 0 bridgehead atoms. The third-order valence-corrected chi connectivity index (χ3v) is 4.07. The number of amides is 1. The first-order chi connectivity index (χ1) is 11.7. The predicted molar refractivity (Wildman–Crippen MR) is 94.4 cm³/mol. The Kier molecular flexibility index (Phi) is 4.77. The summed E-state index contributed by atoms with van der Waals surface area (Å²) in [5.41, 5.74) is 10.4. The minimum absolute atomic E-state index is 0.101. The van der Waals surface area contributed by atoms with E-state index in [-0.39, 0.29) is 5.91 Å². The first kappa shape index (κ1) is 16.0. The summed E-state index contributed by atoms with van der Waals surface area (Å²) in [4.78, 5) is 12.4. The zero-order chi connectivity index (χ0) is 16.9. The van der Waals surface area contributed by atoms with E-state index in [9.17, 15) is 4.79 Å². The Hall–Kier alpha value is -2.85. The number of furan rings is 1. The second kappa shape index (κ2) is 7.15. The number of hydrogen-bond donors (Lipinski definition) is 2. The minimum Gasteiger partial charge on any atom is -0.464 e. The molecule has 0 unspecified atom stereocenters. The molecular weight excluding hydrogens is 300 g/mol. The molecule has 0 radical (unpaired) electrons. The fraction of sp³-hybridized carbons (Fsp3) is 0.150. The van der Waals surface area contributed by atoms with Crippen molar-refractivity contribution < 1.29 is 9.21 Å². The summed E-state index contributed by atoms with van der Waals surface area (Å²) in [5.74, 6) is 0.693. The highest BCUT2D eigenvalue weighted by atomic mass is 16.3. The normalized spacial score (nSPS) is 10.6. The molecule has 0 atom stereocenters. The summed E-state index contributed by atoms with van der Waals surface area (Å²) < 4.78 is 5.47. The van der Waals surface area contributed by atoms with Crippen LogP contribution in [0.15, 0.2) is 65.3 Å². The summed E-state index contributed by atoms with van der Waals surface area (Å²) in [6.07, 6.45) is 1.65. The lowest BCUT2D eigenvalue weighted by Gasteiger charge is -2.10. The topological polar surface area (TPSA) is 68.3 Å². The van der Waals surface area contributed by atoms with E-state index in [1.54, 1.807) is 6.26 Å². The highest BCUT2D eigenvalue weighted by Gasteiger charge is 2.10. The zero-order valence-electron chi connectivity index (χ0n) is 13.6. The molecule has 4 heteroatoms. The van der Waals surface area contributed by atoms with Gasteiger partial charge in [0.25, 0.3) is 5.91 Å². The lowest BCUT2D eigenvalue weighted by atomic mass is 10.0. The van der Waals surface area contributed by atoms with Crippen molar-refractivity contribution >= 4 is 5.91 Å². The number of nitrogens with two attached hydrogens (primary N) is 1. The van der Waals surface area contributed by atoms with Gasteiger partial charge in [-0.3, -0.25) is 4.79 Å². The molecule has 0 aliphatic rings. The summed E-state index contributed by atoms with van der Waals surface area (Å²) in [7, 11) is 0. The molecule has 122 valence electrons. The Balaban J connectivity index is 1.74. The van der Waals surface area contributed by atoms with E-state index in [0.29, 0.717) is 18.7 Å². The standard InChI is InChI=1S/C20H20N2O2/c1-14-11-15(8-9-16(14)12-21)20(23)22-13-17-5-2-3-6-18(17)19-7-4-10-24-19/h2-11H,12-13,21H2,1H3,(H,22,23). The molecule has 0 aliphatic heterocycles. The van der Waals surface area contributed by atoms with Crippen molar-refractivity contribution in [2.24, 2.45) is 5.73 Å². The summed E-state index contributed by atoms with van der Waals surface area (Å²) in [6, 6.07) is 17.2. The van der Waals surface area contributed by atoms with Gasteiger partial charge in [0.2, 0.25) is 0 Å². The molecule has 0 saturated carbocycles. The molecule has 3 rings (SSSR count). The number of carbonyl (C=O) groups excluding carboxylic acids is 1. The Morgan fingerprint density at radius 3 is 2.62 bits per heavy atom. The van der Waals surface area contributed by atoms with Gasteiger partial charge in [-0.1, -0.05) is 30.3 Å². The number of benzene rings is 2. The lowest BCUT2D eigenvalue weighted by Crippen LogP contribution is -2.23. The van der Waals surface area contributed by atoms with E-state index in [0.717, 1.165) is 28.0 Å². The lowest BCUT2D eigenvalue weighted by molar-refractivity contribution is 0.0951. The van der Waals surface area contributed by atoms with Crippen LogP contribution in [0.2, 0.25) is 0 Å². The van der Waals surface area contributed by atoms with Crippen molar-refractivity contribution in [2.45, 2.75) is 20.0 Å². The number of hydrogen-bond acceptors (Lipinski definition) is 3. The van der Waals surface area contributed by atoms with Crippen LogP contribution in [0.3, 0.4) is 0 Å². The maximum atomic E-state index is 12.4. The molecule has 0 saturated heterocycles. The van der Waals surface area contributed by atoms with Gasteiger partial charge >= 0.3 is 0 Å². The van der Waals surface area contributed by atoms with Gasteiger partial charge in [0.05, 0.1) is 6.26 Å². The molecule has 0 fully saturated rings. The van der Waals surface area contributed by atoms with Crippen LogP contribution in [0.4, 0.5) is 0 Å². The van der Waals surface area contributed by atoms with Gasteiger partial charge < -0.3 is 15.5 Å². The van der Waals surface area contributed by atoms with Gasteiger partial charge in [0.1, 0.15) is 5.76 Å². The molecule has 24 heavy (non-hydrogen) atoms. The summed E-state index contributed by atoms with van der Waals surface area (Å²) >= 11 is 0. The largest absolute Gasteiger partial charge is 0.464 e. The molecular formula is C20H20N2O2. The van der Waals surface area contributed by atoms with E-state index in [1.165, 1.54) is 0 Å². The highest BCUT2D eigenvalue weighted by Crippen LogP contribution is 2.24. The Bertz CT molecular complexity index is 839. The number of carbonyl (C=O) groups is 1. The summed E-state index contributed by atoms with van der Waals surface area (Å²) in [6.45, 7) is 2.88. The van der Waals surface area contributed by atoms with E-state index in [2.05, 4.69) is 5.32 Å². The second-order valence-corrected chi connectivity index (χ2v) is 5.66. The fourth-order valence-corrected chi connectivity index (χ4v) is 2.69. The van der Waals surface area contributed by atoms with Crippen LogP contribution in [0.5, 0.6) is 0 Å². The van der Waals surface area contributed by atoms with Crippen molar-refractivity contribution in [3.8, 4) is 11.3 Å². The van der Waals surface area contributed by atoms with Crippen LogP contribution in [0.25, 0.3) is 11.3 Å². The van der Waals surface area contributed by atoms with Crippen molar-refractivity contribution in [3.05, 3.63) is 83.1 Å². The van der Waals surface area contributed by atoms with Crippen LogP contribution in [-0.2, 0) is 13.1 Å². The molecule has 2 aromatic carbocycles. The van der Waals surface area contributed by atoms with Crippen LogP contribution < -0.4 is 11.1 Å². The van der Waals surface area contributed by atoms with Gasteiger partial charge in [0, 0.05) is 24.2 Å². The number of rotatable bonds is 5. The molecule has 0 spiro atoms. The SMILES string of the molecule is Cc1cc(C(=O)NCc2ccccc2-c2ccco2)ccc1CN. The maximum Gasteiger partial charge on any atom is 0.251 e. The summed E-state index contributed by atoms with van der Waals surface area (Å²) in [5, 5.41) is 2.97. The van der Waals surface area contributed by atoms with Crippen LogP contribution >= 0.6 is 0 Å². The molecule has 3 N–H and O–H groups in total. The smallest absolute Gasteiger partial charge is 0.251 e. The van der Waals surface area contributed by atoms with Gasteiger partial charge in [-0.25, -0.2) is 0 Å². The van der Waals surface area contributed by atoms with Gasteiger partial charge in [-0.2, -0.15) is 0 Å². The molecule has 1 aromatic heterocycles. The average molecular weight is 320 g/mol. The maximum absolute atomic E-state index is 12.4. The Labute approximate surface area is 141 Å².